The van der Waals surface area contributed by atoms with Crippen LogP contribution in [-0.4, -0.2) is 28.5 Å². The summed E-state index contributed by atoms with van der Waals surface area (Å²) < 4.78 is 53.0. The number of benzene rings is 1. The molecule has 0 spiro atoms. The lowest BCUT2D eigenvalue weighted by Gasteiger charge is -2.09. The topological polar surface area (TPSA) is 78.5 Å². The molecule has 0 aliphatic carbocycles. The van der Waals surface area contributed by atoms with Crippen LogP contribution >= 0.6 is 11.6 Å². The van der Waals surface area contributed by atoms with Gasteiger partial charge in [-0.05, 0) is 30.7 Å². The Hall–Kier alpha value is -2.98. The second-order valence-corrected chi connectivity index (χ2v) is 6.66. The Morgan fingerprint density at radius 2 is 2.10 bits per heavy atom. The number of alkyl halides is 3. The molecule has 30 heavy (non-hydrogen) atoms. The van der Waals surface area contributed by atoms with E-state index in [1.54, 1.807) is 12.1 Å². The molecular formula is C19H17ClF3N3O4. The molecule has 0 aliphatic heterocycles. The summed E-state index contributed by atoms with van der Waals surface area (Å²) in [6, 6.07) is 8.44. The van der Waals surface area contributed by atoms with E-state index in [0.717, 1.165) is 10.2 Å². The van der Waals surface area contributed by atoms with Crippen LogP contribution in [0.25, 0.3) is 0 Å². The van der Waals surface area contributed by atoms with Gasteiger partial charge in [0.2, 0.25) is 0 Å². The van der Waals surface area contributed by atoms with Gasteiger partial charge in [-0.15, -0.1) is 0 Å². The van der Waals surface area contributed by atoms with Gasteiger partial charge in [-0.25, -0.2) is 4.68 Å². The third-order valence-electron chi connectivity index (χ3n) is 3.79. The number of nitrogens with one attached hydrogen (secondary N) is 1. The van der Waals surface area contributed by atoms with Crippen molar-refractivity contribution in [3.8, 4) is 5.75 Å². The van der Waals surface area contributed by atoms with Crippen LogP contribution in [0, 0.1) is 6.92 Å². The monoisotopic (exact) mass is 443 g/mol. The number of furan rings is 1. The normalized spacial score (nSPS) is 11.5. The first kappa shape index (κ1) is 21.7. The maximum atomic E-state index is 12.3. The number of nitrogens with zero attached hydrogens (tertiary/aromatic N) is 2. The predicted molar refractivity (Wildman–Crippen MR) is 101 cm³/mol. The van der Waals surface area contributed by atoms with Crippen molar-refractivity contribution in [3.05, 3.63) is 64.8 Å². The molecular weight excluding hydrogens is 427 g/mol. The smallest absolute Gasteiger partial charge is 0.411 e. The molecule has 0 unspecified atom stereocenters. The van der Waals surface area contributed by atoms with Crippen LogP contribution in [-0.2, 0) is 18.1 Å². The maximum absolute atomic E-state index is 12.3. The Balaban J connectivity index is 1.53. The molecule has 1 aromatic carbocycles. The number of halogens is 4. The first-order chi connectivity index (χ1) is 14.2. The highest BCUT2D eigenvalue weighted by molar-refractivity contribution is 6.32. The third-order valence-corrected chi connectivity index (χ3v) is 4.09. The highest BCUT2D eigenvalue weighted by Crippen LogP contribution is 2.28. The number of carbonyl (C=O) groups is 1. The van der Waals surface area contributed by atoms with Gasteiger partial charge in [-0.2, -0.15) is 18.3 Å². The highest BCUT2D eigenvalue weighted by atomic mass is 35.5. The van der Waals surface area contributed by atoms with E-state index in [0.29, 0.717) is 16.5 Å². The zero-order chi connectivity index (χ0) is 21.7. The lowest BCUT2D eigenvalue weighted by Crippen LogP contribution is -2.18. The largest absolute Gasteiger partial charge is 0.484 e. The molecule has 0 aliphatic rings. The summed E-state index contributed by atoms with van der Waals surface area (Å²) in [7, 11) is 0. The van der Waals surface area contributed by atoms with Crippen molar-refractivity contribution < 1.29 is 31.9 Å². The van der Waals surface area contributed by atoms with Gasteiger partial charge in [0, 0.05) is 0 Å². The number of hydrogen-bond acceptors (Lipinski definition) is 5. The molecule has 0 fully saturated rings. The fraction of sp³-hybridized carbons (Fsp3) is 0.263. The second kappa shape index (κ2) is 9.23. The van der Waals surface area contributed by atoms with Crippen LogP contribution in [0.3, 0.4) is 0 Å². The molecule has 3 rings (SSSR count). The number of carbonyl (C=O) groups excluding carboxylic acids is 1. The van der Waals surface area contributed by atoms with Crippen molar-refractivity contribution in [1.29, 1.82) is 0 Å². The van der Waals surface area contributed by atoms with Crippen LogP contribution in [0.2, 0.25) is 5.02 Å². The number of anilines is 1. The van der Waals surface area contributed by atoms with Crippen LogP contribution in [0.4, 0.5) is 18.9 Å². The lowest BCUT2D eigenvalue weighted by atomic mass is 10.2. The summed E-state index contributed by atoms with van der Waals surface area (Å²) in [5.74, 6) is 0.425. The molecule has 0 saturated heterocycles. The highest BCUT2D eigenvalue weighted by Gasteiger charge is 2.27. The minimum Gasteiger partial charge on any atom is -0.484 e. The van der Waals surface area contributed by atoms with Gasteiger partial charge in [0.15, 0.2) is 5.76 Å². The molecule has 160 valence electrons. The number of aromatic nitrogens is 2. The minimum absolute atomic E-state index is 0.0329. The Kier molecular flexibility index (Phi) is 6.68. The molecule has 1 amide bonds. The number of ether oxygens (including phenoxy) is 2. The van der Waals surface area contributed by atoms with E-state index in [-0.39, 0.29) is 18.1 Å². The van der Waals surface area contributed by atoms with Gasteiger partial charge in [0.05, 0.1) is 23.1 Å². The number of rotatable bonds is 8. The maximum Gasteiger partial charge on any atom is 0.411 e. The summed E-state index contributed by atoms with van der Waals surface area (Å²) in [6.45, 7) is 0.140. The van der Waals surface area contributed by atoms with Gasteiger partial charge in [0.25, 0.3) is 5.91 Å². The molecule has 3 aromatic rings. The fourth-order valence-corrected chi connectivity index (χ4v) is 2.74. The van der Waals surface area contributed by atoms with E-state index < -0.39 is 25.4 Å². The van der Waals surface area contributed by atoms with Gasteiger partial charge in [-0.3, -0.25) is 4.79 Å². The summed E-state index contributed by atoms with van der Waals surface area (Å²) in [6.07, 6.45) is -1.81. The quantitative estimate of drug-likeness (QED) is 0.540. The van der Waals surface area contributed by atoms with E-state index >= 15 is 0 Å². The van der Waals surface area contributed by atoms with E-state index in [1.807, 2.05) is 19.1 Å². The number of amides is 1. The molecule has 1 N–H and O–H groups in total. The summed E-state index contributed by atoms with van der Waals surface area (Å²) in [5, 5.41) is 6.82. The summed E-state index contributed by atoms with van der Waals surface area (Å²) in [5.41, 5.74) is 1.14. The minimum atomic E-state index is -4.42. The molecule has 0 bridgehead atoms. The van der Waals surface area contributed by atoms with Gasteiger partial charge < -0.3 is 19.2 Å². The molecule has 11 heteroatoms. The van der Waals surface area contributed by atoms with Crippen LogP contribution in [0.1, 0.15) is 21.9 Å². The van der Waals surface area contributed by atoms with Gasteiger partial charge in [-0.1, -0.05) is 23.7 Å². The fourth-order valence-electron chi connectivity index (χ4n) is 2.47. The van der Waals surface area contributed by atoms with E-state index in [2.05, 4.69) is 15.2 Å². The average molecular weight is 444 g/mol. The number of hydrogen-bond donors (Lipinski definition) is 1. The zero-order valence-corrected chi connectivity index (χ0v) is 16.5. The third kappa shape index (κ3) is 6.01. The van der Waals surface area contributed by atoms with Crippen molar-refractivity contribution >= 4 is 23.2 Å². The second-order valence-electron chi connectivity index (χ2n) is 6.26. The predicted octanol–water partition coefficient (Wildman–Crippen LogP) is 4.81. The first-order valence-corrected chi connectivity index (χ1v) is 9.04. The van der Waals surface area contributed by atoms with E-state index in [4.69, 9.17) is 20.8 Å². The Morgan fingerprint density at radius 1 is 1.30 bits per heavy atom. The van der Waals surface area contributed by atoms with Crippen molar-refractivity contribution in [1.82, 2.24) is 9.78 Å². The van der Waals surface area contributed by atoms with Crippen LogP contribution in [0.15, 0.2) is 47.1 Å². The summed E-state index contributed by atoms with van der Waals surface area (Å²) in [4.78, 5) is 12.3. The molecule has 0 radical (unpaired) electrons. The Labute approximate surface area is 174 Å². The molecule has 0 atom stereocenters. The van der Waals surface area contributed by atoms with Crippen molar-refractivity contribution in [2.24, 2.45) is 0 Å². The Morgan fingerprint density at radius 3 is 2.83 bits per heavy atom. The van der Waals surface area contributed by atoms with Crippen molar-refractivity contribution in [3.63, 3.8) is 0 Å². The lowest BCUT2D eigenvalue weighted by molar-refractivity contribution is -0.182. The SMILES string of the molecule is Cc1cccc(Cl)c1OCc1ccc(C(=O)Nc2cnn(COCC(F)(F)F)c2)o1. The van der Waals surface area contributed by atoms with E-state index in [9.17, 15) is 18.0 Å². The van der Waals surface area contributed by atoms with Crippen molar-refractivity contribution in [2.75, 3.05) is 11.9 Å². The number of para-hydroxylation sites is 1. The first-order valence-electron chi connectivity index (χ1n) is 8.66. The molecule has 2 heterocycles. The molecule has 7 nitrogen and oxygen atoms in total. The average Bonchev–Trinajstić information content (AvgIpc) is 3.30. The standard InChI is InChI=1S/C19H17ClF3N3O4/c1-12-3-2-4-15(20)17(12)29-9-14-5-6-16(30-14)18(27)25-13-7-24-26(8-13)11-28-10-19(21,22)23/h2-8H,9-11H2,1H3,(H,25,27). The van der Waals surface area contributed by atoms with Crippen molar-refractivity contribution in [2.45, 2.75) is 26.4 Å². The number of aryl methyl sites for hydroxylation is 1. The molecule has 2 aromatic heterocycles. The summed E-state index contributed by atoms with van der Waals surface area (Å²) >= 11 is 6.11. The van der Waals surface area contributed by atoms with Gasteiger partial charge >= 0.3 is 6.18 Å². The van der Waals surface area contributed by atoms with E-state index in [1.165, 1.54) is 18.5 Å². The van der Waals surface area contributed by atoms with Crippen LogP contribution < -0.4 is 10.1 Å². The van der Waals surface area contributed by atoms with Crippen LogP contribution in [0.5, 0.6) is 5.75 Å². The Bertz CT molecular complexity index is 996. The zero-order valence-electron chi connectivity index (χ0n) is 15.7. The van der Waals surface area contributed by atoms with Gasteiger partial charge in [0.1, 0.15) is 31.5 Å². The molecule has 0 saturated carbocycles.